The lowest BCUT2D eigenvalue weighted by Crippen LogP contribution is -2.51. The molecule has 2 aromatic rings. The largest absolute Gasteiger partial charge is 0.481 e. The number of hydrogen-bond donors (Lipinski definition) is 1. The Morgan fingerprint density at radius 1 is 0.964 bits per heavy atom. The number of carboxylic acids is 1. The van der Waals surface area contributed by atoms with Crippen molar-refractivity contribution in [3.8, 4) is 11.1 Å². The normalized spacial score (nSPS) is 23.8. The molecule has 2 aliphatic rings. The Morgan fingerprint density at radius 3 is 1.96 bits per heavy atom. The van der Waals surface area contributed by atoms with Gasteiger partial charge >= 0.3 is 12.1 Å². The summed E-state index contributed by atoms with van der Waals surface area (Å²) in [6, 6.07) is 16.2. The molecule has 0 radical (unpaired) electrons. The first kappa shape index (κ1) is 18.5. The minimum absolute atomic E-state index is 0.0264. The number of rotatable bonds is 3. The summed E-state index contributed by atoms with van der Waals surface area (Å²) in [6.45, 7) is 4.07. The fraction of sp³-hybridized carbons (Fsp3) is 0.391. The monoisotopic (exact) mass is 379 g/mol. The third-order valence-electron chi connectivity index (χ3n) is 6.10. The predicted octanol–water partition coefficient (Wildman–Crippen LogP) is 4.51. The number of ether oxygens (including phenoxy) is 1. The molecule has 2 aromatic carbocycles. The van der Waals surface area contributed by atoms with Crippen molar-refractivity contribution in [3.05, 3.63) is 59.7 Å². The molecule has 146 valence electrons. The van der Waals surface area contributed by atoms with Crippen LogP contribution in [-0.4, -0.2) is 40.8 Å². The van der Waals surface area contributed by atoms with E-state index in [1.54, 1.807) is 4.90 Å². The molecule has 0 saturated carbocycles. The van der Waals surface area contributed by atoms with Crippen LogP contribution in [-0.2, 0) is 9.53 Å². The van der Waals surface area contributed by atoms with E-state index in [1.807, 2.05) is 38.1 Å². The number of benzene rings is 2. The van der Waals surface area contributed by atoms with Gasteiger partial charge in [0.25, 0.3) is 0 Å². The van der Waals surface area contributed by atoms with Crippen molar-refractivity contribution in [2.24, 2.45) is 5.92 Å². The maximum atomic E-state index is 12.8. The molecule has 0 bridgehead atoms. The summed E-state index contributed by atoms with van der Waals surface area (Å²) >= 11 is 0. The third-order valence-corrected chi connectivity index (χ3v) is 6.10. The molecule has 1 amide bonds. The molecule has 2 atom stereocenters. The van der Waals surface area contributed by atoms with Gasteiger partial charge in [-0.25, -0.2) is 4.79 Å². The quantitative estimate of drug-likeness (QED) is 0.852. The minimum Gasteiger partial charge on any atom is -0.481 e. The summed E-state index contributed by atoms with van der Waals surface area (Å²) in [5.41, 5.74) is 4.76. The summed E-state index contributed by atoms with van der Waals surface area (Å²) < 4.78 is 5.76. The van der Waals surface area contributed by atoms with Gasteiger partial charge in [0.05, 0.1) is 5.92 Å². The van der Waals surface area contributed by atoms with Crippen LogP contribution >= 0.6 is 0 Å². The van der Waals surface area contributed by atoms with Gasteiger partial charge in [0.15, 0.2) is 0 Å². The standard InChI is InChI=1S/C23H25NO4/c1-14-11-16(22(25)26)12-15(2)24(14)23(27)28-13-21-19-9-5-3-7-17(19)18-8-4-6-10-20(18)21/h3-10,14-16,21H,11-13H2,1-2H3,(H,25,26). The number of aliphatic carboxylic acids is 1. The van der Waals surface area contributed by atoms with Crippen LogP contribution < -0.4 is 0 Å². The van der Waals surface area contributed by atoms with Gasteiger partial charge < -0.3 is 14.7 Å². The topological polar surface area (TPSA) is 66.8 Å². The van der Waals surface area contributed by atoms with Gasteiger partial charge in [0, 0.05) is 18.0 Å². The van der Waals surface area contributed by atoms with E-state index in [0.29, 0.717) is 12.8 Å². The molecule has 1 aliphatic carbocycles. The molecule has 1 fully saturated rings. The van der Waals surface area contributed by atoms with Crippen molar-refractivity contribution in [2.45, 2.75) is 44.7 Å². The molecule has 5 nitrogen and oxygen atoms in total. The molecule has 5 heteroatoms. The van der Waals surface area contributed by atoms with E-state index in [2.05, 4.69) is 24.3 Å². The van der Waals surface area contributed by atoms with Gasteiger partial charge in [-0.2, -0.15) is 0 Å². The average molecular weight is 379 g/mol. The Morgan fingerprint density at radius 2 is 1.46 bits per heavy atom. The van der Waals surface area contributed by atoms with Crippen molar-refractivity contribution in [3.63, 3.8) is 0 Å². The lowest BCUT2D eigenvalue weighted by molar-refractivity contribution is -0.144. The van der Waals surface area contributed by atoms with Crippen LogP contribution in [0.15, 0.2) is 48.5 Å². The van der Waals surface area contributed by atoms with Crippen molar-refractivity contribution in [1.82, 2.24) is 4.90 Å². The molecule has 1 heterocycles. The van der Waals surface area contributed by atoms with Crippen LogP contribution in [0.25, 0.3) is 11.1 Å². The summed E-state index contributed by atoms with van der Waals surface area (Å²) in [5, 5.41) is 9.30. The van der Waals surface area contributed by atoms with E-state index >= 15 is 0 Å². The molecule has 1 N–H and O–H groups in total. The lowest BCUT2D eigenvalue weighted by atomic mass is 9.87. The second-order valence-electron chi connectivity index (χ2n) is 7.92. The molecule has 0 spiro atoms. The van der Waals surface area contributed by atoms with Crippen LogP contribution in [0.4, 0.5) is 4.79 Å². The van der Waals surface area contributed by atoms with Gasteiger partial charge in [-0.05, 0) is 48.9 Å². The van der Waals surface area contributed by atoms with Gasteiger partial charge in [-0.1, -0.05) is 48.5 Å². The summed E-state index contributed by atoms with van der Waals surface area (Å²) in [4.78, 5) is 25.9. The number of piperidine rings is 1. The van der Waals surface area contributed by atoms with E-state index < -0.39 is 11.9 Å². The van der Waals surface area contributed by atoms with Gasteiger partial charge in [-0.3, -0.25) is 4.79 Å². The van der Waals surface area contributed by atoms with Crippen LogP contribution in [0.2, 0.25) is 0 Å². The zero-order chi connectivity index (χ0) is 19.8. The van der Waals surface area contributed by atoms with E-state index in [9.17, 15) is 14.7 Å². The fourth-order valence-corrected chi connectivity index (χ4v) is 4.81. The maximum absolute atomic E-state index is 12.8. The fourth-order valence-electron chi connectivity index (χ4n) is 4.81. The molecule has 0 aromatic heterocycles. The third kappa shape index (κ3) is 3.15. The number of nitrogens with zero attached hydrogens (tertiary/aromatic N) is 1. The van der Waals surface area contributed by atoms with Gasteiger partial charge in [-0.15, -0.1) is 0 Å². The number of carboxylic acid groups (broad SMARTS) is 1. The number of likely N-dealkylation sites (tertiary alicyclic amines) is 1. The first-order valence-corrected chi connectivity index (χ1v) is 9.83. The van der Waals surface area contributed by atoms with Gasteiger partial charge in [0.1, 0.15) is 6.61 Å². The van der Waals surface area contributed by atoms with Crippen molar-refractivity contribution >= 4 is 12.1 Å². The molecular weight excluding hydrogens is 354 g/mol. The Kier molecular flexibility index (Phi) is 4.84. The first-order chi connectivity index (χ1) is 13.5. The lowest BCUT2D eigenvalue weighted by Gasteiger charge is -2.40. The second kappa shape index (κ2) is 7.30. The Labute approximate surface area is 164 Å². The zero-order valence-electron chi connectivity index (χ0n) is 16.2. The highest BCUT2D eigenvalue weighted by Crippen LogP contribution is 2.44. The molecule has 1 aliphatic heterocycles. The smallest absolute Gasteiger partial charge is 0.410 e. The Balaban J connectivity index is 1.49. The van der Waals surface area contributed by atoms with E-state index in [0.717, 1.165) is 0 Å². The Hall–Kier alpha value is -2.82. The average Bonchev–Trinajstić information content (AvgIpc) is 2.99. The van der Waals surface area contributed by atoms with E-state index in [1.165, 1.54) is 22.3 Å². The number of amides is 1. The SMILES string of the molecule is CC1CC(C(=O)O)CC(C)N1C(=O)OCC1c2ccccc2-c2ccccc21. The highest BCUT2D eigenvalue weighted by molar-refractivity contribution is 5.79. The van der Waals surface area contributed by atoms with Crippen molar-refractivity contribution in [2.75, 3.05) is 6.61 Å². The summed E-state index contributed by atoms with van der Waals surface area (Å²) in [5.74, 6) is -1.16. The van der Waals surface area contributed by atoms with Crippen LogP contribution in [0.1, 0.15) is 43.7 Å². The number of fused-ring (bicyclic) bond motifs is 3. The summed E-state index contributed by atoms with van der Waals surface area (Å²) in [7, 11) is 0. The second-order valence-corrected chi connectivity index (χ2v) is 7.92. The first-order valence-electron chi connectivity index (χ1n) is 9.83. The van der Waals surface area contributed by atoms with E-state index in [4.69, 9.17) is 4.74 Å². The number of carbonyl (C=O) groups is 2. The van der Waals surface area contributed by atoms with Crippen LogP contribution in [0, 0.1) is 5.92 Å². The summed E-state index contributed by atoms with van der Waals surface area (Å²) in [6.07, 6.45) is 0.569. The molecule has 2 unspecified atom stereocenters. The van der Waals surface area contributed by atoms with Crippen LogP contribution in [0.5, 0.6) is 0 Å². The molecular formula is C23H25NO4. The van der Waals surface area contributed by atoms with Crippen molar-refractivity contribution < 1.29 is 19.4 Å². The predicted molar refractivity (Wildman–Crippen MR) is 106 cm³/mol. The van der Waals surface area contributed by atoms with Gasteiger partial charge in [0.2, 0.25) is 0 Å². The molecule has 1 saturated heterocycles. The number of carbonyl (C=O) groups excluding carboxylic acids is 1. The maximum Gasteiger partial charge on any atom is 0.410 e. The highest BCUT2D eigenvalue weighted by atomic mass is 16.6. The number of hydrogen-bond acceptors (Lipinski definition) is 3. The minimum atomic E-state index is -0.786. The molecule has 28 heavy (non-hydrogen) atoms. The highest BCUT2D eigenvalue weighted by Gasteiger charge is 2.38. The van der Waals surface area contributed by atoms with Crippen LogP contribution in [0.3, 0.4) is 0 Å². The molecule has 4 rings (SSSR count). The van der Waals surface area contributed by atoms with E-state index in [-0.39, 0.29) is 30.7 Å². The van der Waals surface area contributed by atoms with Crippen molar-refractivity contribution in [1.29, 1.82) is 0 Å². The Bertz CT molecular complexity index is 851. The zero-order valence-corrected chi connectivity index (χ0v) is 16.2.